The first-order chi connectivity index (χ1) is 12.0. The first kappa shape index (κ1) is 17.7. The average molecular weight is 369 g/mol. The normalized spacial score (nSPS) is 15.9. The van der Waals surface area contributed by atoms with Gasteiger partial charge in [-0.3, -0.25) is 9.69 Å². The summed E-state index contributed by atoms with van der Waals surface area (Å²) in [6.45, 7) is 0.617. The number of nitrogens with zero attached hydrogens (tertiary/aromatic N) is 2. The van der Waals surface area contributed by atoms with Crippen molar-refractivity contribution in [2.75, 3.05) is 25.5 Å². The van der Waals surface area contributed by atoms with Crippen LogP contribution in [-0.4, -0.2) is 35.8 Å². The van der Waals surface area contributed by atoms with Gasteiger partial charge in [0, 0.05) is 26.3 Å². The van der Waals surface area contributed by atoms with Gasteiger partial charge in [0.15, 0.2) is 0 Å². The maximum Gasteiger partial charge on any atom is 0.266 e. The molecule has 0 aromatic heterocycles. The van der Waals surface area contributed by atoms with E-state index >= 15 is 0 Å². The SMILES string of the molecule is CN(C)c1ccc(/C=C2/SC(=S)N(CCc3ccccc3)C2=O)cc1. The highest BCUT2D eigenvalue weighted by Gasteiger charge is 2.31. The topological polar surface area (TPSA) is 23.6 Å². The molecule has 1 saturated heterocycles. The first-order valence-corrected chi connectivity index (χ1v) is 9.34. The minimum Gasteiger partial charge on any atom is -0.378 e. The highest BCUT2D eigenvalue weighted by Crippen LogP contribution is 2.32. The highest BCUT2D eigenvalue weighted by molar-refractivity contribution is 8.26. The lowest BCUT2D eigenvalue weighted by Crippen LogP contribution is -2.30. The minimum absolute atomic E-state index is 0.00242. The fraction of sp³-hybridized carbons (Fsp3) is 0.200. The largest absolute Gasteiger partial charge is 0.378 e. The summed E-state index contributed by atoms with van der Waals surface area (Å²) in [5.74, 6) is 0.00242. The predicted molar refractivity (Wildman–Crippen MR) is 111 cm³/mol. The van der Waals surface area contributed by atoms with Crippen LogP contribution < -0.4 is 4.90 Å². The van der Waals surface area contributed by atoms with Gasteiger partial charge < -0.3 is 4.90 Å². The molecule has 1 heterocycles. The number of thiocarbonyl (C=S) groups is 1. The van der Waals surface area contributed by atoms with Crippen molar-refractivity contribution in [3.8, 4) is 0 Å². The molecule has 1 aliphatic heterocycles. The molecule has 128 valence electrons. The molecular formula is C20H20N2OS2. The number of thioether (sulfide) groups is 1. The maximum atomic E-state index is 12.7. The quantitative estimate of drug-likeness (QED) is 0.583. The van der Waals surface area contributed by atoms with E-state index in [1.165, 1.54) is 17.3 Å². The third-order valence-electron chi connectivity index (χ3n) is 4.05. The predicted octanol–water partition coefficient (Wildman–Crippen LogP) is 4.20. The first-order valence-electron chi connectivity index (χ1n) is 8.11. The Morgan fingerprint density at radius 3 is 2.40 bits per heavy atom. The van der Waals surface area contributed by atoms with Crippen molar-refractivity contribution < 1.29 is 4.79 Å². The summed E-state index contributed by atoms with van der Waals surface area (Å²) >= 11 is 6.78. The van der Waals surface area contributed by atoms with Crippen LogP contribution in [0, 0.1) is 0 Å². The van der Waals surface area contributed by atoms with Gasteiger partial charge in [-0.1, -0.05) is 66.4 Å². The van der Waals surface area contributed by atoms with Crippen molar-refractivity contribution in [3.05, 3.63) is 70.6 Å². The lowest BCUT2D eigenvalue weighted by molar-refractivity contribution is -0.122. The second-order valence-corrected chi connectivity index (χ2v) is 7.73. The van der Waals surface area contributed by atoms with Crippen LogP contribution in [-0.2, 0) is 11.2 Å². The Morgan fingerprint density at radius 1 is 1.08 bits per heavy atom. The molecule has 2 aromatic carbocycles. The molecule has 0 saturated carbocycles. The van der Waals surface area contributed by atoms with Crippen LogP contribution in [0.1, 0.15) is 11.1 Å². The van der Waals surface area contributed by atoms with E-state index in [0.717, 1.165) is 17.7 Å². The third-order valence-corrected chi connectivity index (χ3v) is 5.43. The van der Waals surface area contributed by atoms with Crippen molar-refractivity contribution in [2.24, 2.45) is 0 Å². The summed E-state index contributed by atoms with van der Waals surface area (Å²) in [5.41, 5.74) is 3.35. The molecule has 1 fully saturated rings. The number of amides is 1. The van der Waals surface area contributed by atoms with Gasteiger partial charge >= 0.3 is 0 Å². The molecule has 0 bridgehead atoms. The van der Waals surface area contributed by atoms with Crippen LogP contribution in [0.3, 0.4) is 0 Å². The Balaban J connectivity index is 1.69. The Morgan fingerprint density at radius 2 is 1.76 bits per heavy atom. The average Bonchev–Trinajstić information content (AvgIpc) is 2.88. The molecule has 3 nitrogen and oxygen atoms in total. The van der Waals surface area contributed by atoms with Crippen molar-refractivity contribution in [3.63, 3.8) is 0 Å². The van der Waals surface area contributed by atoms with Gasteiger partial charge in [-0.05, 0) is 35.8 Å². The van der Waals surface area contributed by atoms with Crippen LogP contribution in [0.4, 0.5) is 5.69 Å². The highest BCUT2D eigenvalue weighted by atomic mass is 32.2. The van der Waals surface area contributed by atoms with Crippen LogP contribution in [0.25, 0.3) is 6.08 Å². The van der Waals surface area contributed by atoms with Crippen molar-refractivity contribution in [1.29, 1.82) is 0 Å². The van der Waals surface area contributed by atoms with E-state index < -0.39 is 0 Å². The molecule has 25 heavy (non-hydrogen) atoms. The van der Waals surface area contributed by atoms with Crippen LogP contribution >= 0.6 is 24.0 Å². The van der Waals surface area contributed by atoms with Gasteiger partial charge in [0.25, 0.3) is 5.91 Å². The summed E-state index contributed by atoms with van der Waals surface area (Å²) < 4.78 is 0.636. The number of rotatable bonds is 5. The molecule has 1 aliphatic rings. The van der Waals surface area contributed by atoms with Gasteiger partial charge in [0.2, 0.25) is 0 Å². The van der Waals surface area contributed by atoms with E-state index in [9.17, 15) is 4.79 Å². The molecule has 0 N–H and O–H groups in total. The van der Waals surface area contributed by atoms with Crippen LogP contribution in [0.2, 0.25) is 0 Å². The lowest BCUT2D eigenvalue weighted by atomic mass is 10.1. The number of benzene rings is 2. The van der Waals surface area contributed by atoms with E-state index in [0.29, 0.717) is 15.8 Å². The molecule has 0 aliphatic carbocycles. The third kappa shape index (κ3) is 4.30. The Labute approximate surface area is 158 Å². The minimum atomic E-state index is 0.00242. The molecule has 2 aromatic rings. The molecule has 1 amide bonds. The van der Waals surface area contributed by atoms with Crippen molar-refractivity contribution in [2.45, 2.75) is 6.42 Å². The smallest absolute Gasteiger partial charge is 0.266 e. The second kappa shape index (κ2) is 7.85. The zero-order chi connectivity index (χ0) is 17.8. The van der Waals surface area contributed by atoms with Gasteiger partial charge in [0.05, 0.1) is 4.91 Å². The zero-order valence-corrected chi connectivity index (χ0v) is 15.9. The van der Waals surface area contributed by atoms with E-state index in [1.807, 2.05) is 67.5 Å². The fourth-order valence-corrected chi connectivity index (χ4v) is 3.91. The number of anilines is 1. The van der Waals surface area contributed by atoms with E-state index in [-0.39, 0.29) is 5.91 Å². The second-order valence-electron chi connectivity index (χ2n) is 6.05. The Kier molecular flexibility index (Phi) is 5.56. The number of hydrogen-bond donors (Lipinski definition) is 0. The summed E-state index contributed by atoms with van der Waals surface area (Å²) in [5, 5.41) is 0. The molecule has 3 rings (SSSR count). The molecule has 0 unspecified atom stereocenters. The van der Waals surface area contributed by atoms with Crippen molar-refractivity contribution >= 4 is 46.0 Å². The van der Waals surface area contributed by atoms with Gasteiger partial charge in [0.1, 0.15) is 4.32 Å². The number of carbonyl (C=O) groups excluding carboxylic acids is 1. The monoisotopic (exact) mass is 368 g/mol. The maximum absolute atomic E-state index is 12.7. The zero-order valence-electron chi connectivity index (χ0n) is 14.3. The molecule has 5 heteroatoms. The van der Waals surface area contributed by atoms with E-state index in [1.54, 1.807) is 4.90 Å². The molecular weight excluding hydrogens is 348 g/mol. The fourth-order valence-electron chi connectivity index (χ4n) is 2.60. The summed E-state index contributed by atoms with van der Waals surface area (Å²) in [4.78, 5) is 17.1. The number of carbonyl (C=O) groups is 1. The summed E-state index contributed by atoms with van der Waals surface area (Å²) in [6.07, 6.45) is 2.72. The van der Waals surface area contributed by atoms with Gasteiger partial charge in [-0.15, -0.1) is 0 Å². The Hall–Kier alpha value is -2.11. The van der Waals surface area contributed by atoms with E-state index in [4.69, 9.17) is 12.2 Å². The van der Waals surface area contributed by atoms with E-state index in [2.05, 4.69) is 12.1 Å². The van der Waals surface area contributed by atoms with Crippen LogP contribution in [0.5, 0.6) is 0 Å². The molecule has 0 spiro atoms. The Bertz CT molecular complexity index is 798. The molecule has 0 radical (unpaired) electrons. The molecule has 0 atom stereocenters. The lowest BCUT2D eigenvalue weighted by Gasteiger charge is -2.14. The summed E-state index contributed by atoms with van der Waals surface area (Å²) in [7, 11) is 4.01. The van der Waals surface area contributed by atoms with Gasteiger partial charge in [-0.25, -0.2) is 0 Å². The van der Waals surface area contributed by atoms with Crippen molar-refractivity contribution in [1.82, 2.24) is 4.90 Å². The standard InChI is InChI=1S/C20H20N2OS2/c1-21(2)17-10-8-16(9-11-17)14-18-19(23)22(20(24)25-18)13-12-15-6-4-3-5-7-15/h3-11,14H,12-13H2,1-2H3/b18-14+. The number of hydrogen-bond acceptors (Lipinski definition) is 4. The van der Waals surface area contributed by atoms with Crippen LogP contribution in [0.15, 0.2) is 59.5 Å². The van der Waals surface area contributed by atoms with Gasteiger partial charge in [-0.2, -0.15) is 0 Å². The summed E-state index contributed by atoms with van der Waals surface area (Å²) in [6, 6.07) is 18.3.